The van der Waals surface area contributed by atoms with Gasteiger partial charge in [-0.25, -0.2) is 0 Å². The van der Waals surface area contributed by atoms with Crippen LogP contribution < -0.4 is 14.2 Å². The fourth-order valence-corrected chi connectivity index (χ4v) is 4.85. The molecular formula is C24H41N3O6Si. The summed E-state index contributed by atoms with van der Waals surface area (Å²) in [4.78, 5) is 3.09. The standard InChI is InChI=1S/C24H41N3O6Si/c1-15-20(28-7)16(12-18(26-27-25)19-14-31-24(5,6)33-19)17(22(30-9)21(15)29-8)13-32-34(10,11)23(2,3)4/h18-19H,12-14H2,1-11H3/t18-,19+/m0/s1. The fraction of sp³-hybridized carbons (Fsp3) is 0.750. The Morgan fingerprint density at radius 1 is 1.09 bits per heavy atom. The molecule has 0 spiro atoms. The van der Waals surface area contributed by atoms with Gasteiger partial charge in [-0.1, -0.05) is 25.9 Å². The van der Waals surface area contributed by atoms with Crippen LogP contribution in [-0.2, 0) is 26.9 Å². The van der Waals surface area contributed by atoms with Gasteiger partial charge in [0, 0.05) is 21.6 Å². The van der Waals surface area contributed by atoms with E-state index < -0.39 is 26.3 Å². The summed E-state index contributed by atoms with van der Waals surface area (Å²) in [6, 6.07) is -0.509. The predicted molar refractivity (Wildman–Crippen MR) is 134 cm³/mol. The molecule has 1 aromatic rings. The highest BCUT2D eigenvalue weighted by molar-refractivity contribution is 6.74. The Kier molecular flexibility index (Phi) is 8.93. The maximum atomic E-state index is 9.30. The zero-order valence-corrected chi connectivity index (χ0v) is 23.6. The monoisotopic (exact) mass is 495 g/mol. The first-order valence-electron chi connectivity index (χ1n) is 11.5. The average molecular weight is 496 g/mol. The van der Waals surface area contributed by atoms with E-state index in [-0.39, 0.29) is 5.04 Å². The molecule has 2 atom stereocenters. The molecule has 1 fully saturated rings. The third kappa shape index (κ3) is 5.98. The van der Waals surface area contributed by atoms with Gasteiger partial charge in [0.1, 0.15) is 5.75 Å². The highest BCUT2D eigenvalue weighted by Gasteiger charge is 2.40. The lowest BCUT2D eigenvalue weighted by Crippen LogP contribution is -2.40. The summed E-state index contributed by atoms with van der Waals surface area (Å²) in [5.74, 6) is 1.11. The molecule has 1 heterocycles. The average Bonchev–Trinajstić information content (AvgIpc) is 3.11. The predicted octanol–water partition coefficient (Wildman–Crippen LogP) is 5.92. The van der Waals surface area contributed by atoms with Gasteiger partial charge in [0.05, 0.1) is 46.7 Å². The van der Waals surface area contributed by atoms with Gasteiger partial charge >= 0.3 is 0 Å². The lowest BCUT2D eigenvalue weighted by Gasteiger charge is -2.37. The van der Waals surface area contributed by atoms with Gasteiger partial charge in [-0.05, 0) is 50.9 Å². The number of methoxy groups -OCH3 is 3. The maximum absolute atomic E-state index is 9.30. The van der Waals surface area contributed by atoms with E-state index in [1.807, 2.05) is 20.8 Å². The van der Waals surface area contributed by atoms with Crippen molar-refractivity contribution in [1.29, 1.82) is 0 Å². The molecule has 192 valence electrons. The van der Waals surface area contributed by atoms with Gasteiger partial charge in [0.2, 0.25) is 0 Å². The summed E-state index contributed by atoms with van der Waals surface area (Å²) < 4.78 is 35.8. The van der Waals surface area contributed by atoms with Gasteiger partial charge in [0.15, 0.2) is 25.6 Å². The summed E-state index contributed by atoms with van der Waals surface area (Å²) in [7, 11) is 2.77. The number of hydrogen-bond acceptors (Lipinski definition) is 7. The zero-order valence-electron chi connectivity index (χ0n) is 22.6. The van der Waals surface area contributed by atoms with Gasteiger partial charge < -0.3 is 28.1 Å². The molecule has 2 rings (SSSR count). The molecule has 34 heavy (non-hydrogen) atoms. The van der Waals surface area contributed by atoms with Crippen LogP contribution in [-0.4, -0.2) is 54.2 Å². The molecule has 0 unspecified atom stereocenters. The van der Waals surface area contributed by atoms with Crippen molar-refractivity contribution in [3.8, 4) is 17.2 Å². The molecule has 1 aliphatic rings. The van der Waals surface area contributed by atoms with Crippen molar-refractivity contribution in [2.24, 2.45) is 5.11 Å². The van der Waals surface area contributed by atoms with E-state index in [2.05, 4.69) is 43.9 Å². The molecule has 0 N–H and O–H groups in total. The molecule has 0 aromatic heterocycles. The van der Waals surface area contributed by atoms with E-state index in [1.165, 1.54) is 0 Å². The van der Waals surface area contributed by atoms with Crippen LogP contribution in [0.4, 0.5) is 0 Å². The topological polar surface area (TPSA) is 104 Å². The van der Waals surface area contributed by atoms with E-state index in [1.54, 1.807) is 21.3 Å². The van der Waals surface area contributed by atoms with Gasteiger partial charge in [-0.3, -0.25) is 0 Å². The van der Waals surface area contributed by atoms with Crippen molar-refractivity contribution < 1.29 is 28.1 Å². The summed E-state index contributed by atoms with van der Waals surface area (Å²) in [5.41, 5.74) is 11.8. The van der Waals surface area contributed by atoms with Crippen molar-refractivity contribution in [2.75, 3.05) is 27.9 Å². The second kappa shape index (κ2) is 10.7. The fourth-order valence-electron chi connectivity index (χ4n) is 3.91. The second-order valence-corrected chi connectivity index (χ2v) is 15.4. The zero-order chi connectivity index (χ0) is 25.9. The largest absolute Gasteiger partial charge is 0.496 e. The van der Waals surface area contributed by atoms with Crippen LogP contribution in [0.3, 0.4) is 0 Å². The van der Waals surface area contributed by atoms with Crippen LogP contribution in [0.5, 0.6) is 17.2 Å². The molecule has 0 bridgehead atoms. The number of ether oxygens (including phenoxy) is 5. The van der Waals surface area contributed by atoms with Gasteiger partial charge in [0.25, 0.3) is 0 Å². The number of hydrogen-bond donors (Lipinski definition) is 0. The highest BCUT2D eigenvalue weighted by atomic mass is 28.4. The Bertz CT molecular complexity index is 923. The van der Waals surface area contributed by atoms with E-state index >= 15 is 0 Å². The third-order valence-electron chi connectivity index (χ3n) is 6.87. The smallest absolute Gasteiger partial charge is 0.192 e. The molecular weight excluding hydrogens is 454 g/mol. The summed E-state index contributed by atoms with van der Waals surface area (Å²) in [6.07, 6.45) is -0.0208. The lowest BCUT2D eigenvalue weighted by atomic mass is 9.93. The second-order valence-electron chi connectivity index (χ2n) is 10.6. The quantitative estimate of drug-likeness (QED) is 0.173. The summed E-state index contributed by atoms with van der Waals surface area (Å²) >= 11 is 0. The molecule has 1 aromatic carbocycles. The molecule has 10 heteroatoms. The number of nitrogens with zero attached hydrogens (tertiary/aromatic N) is 3. The molecule has 0 aliphatic carbocycles. The van der Waals surface area contributed by atoms with Crippen molar-refractivity contribution in [1.82, 2.24) is 0 Å². The van der Waals surface area contributed by atoms with Crippen LogP contribution >= 0.6 is 0 Å². The molecule has 0 amide bonds. The van der Waals surface area contributed by atoms with Crippen molar-refractivity contribution in [2.45, 2.75) is 90.6 Å². The first kappa shape index (κ1) is 28.3. The van der Waals surface area contributed by atoms with Crippen LogP contribution in [0, 0.1) is 6.92 Å². The Labute approximate surface area is 204 Å². The van der Waals surface area contributed by atoms with Crippen molar-refractivity contribution in [3.63, 3.8) is 0 Å². The number of benzene rings is 1. The number of rotatable bonds is 10. The lowest BCUT2D eigenvalue weighted by molar-refractivity contribution is -0.140. The Morgan fingerprint density at radius 2 is 1.68 bits per heavy atom. The highest BCUT2D eigenvalue weighted by Crippen LogP contribution is 2.46. The minimum atomic E-state index is -2.08. The first-order chi connectivity index (χ1) is 15.7. The molecule has 1 aliphatic heterocycles. The van der Waals surface area contributed by atoms with E-state index in [0.29, 0.717) is 36.9 Å². The van der Waals surface area contributed by atoms with Gasteiger partial charge in [-0.15, -0.1) is 0 Å². The number of azide groups is 1. The maximum Gasteiger partial charge on any atom is 0.192 e. The third-order valence-corrected chi connectivity index (χ3v) is 11.3. The van der Waals surface area contributed by atoms with E-state index in [9.17, 15) is 5.53 Å². The normalized spacial score (nSPS) is 18.9. The van der Waals surface area contributed by atoms with Crippen molar-refractivity contribution >= 4 is 8.32 Å². The first-order valence-corrected chi connectivity index (χ1v) is 14.4. The summed E-state index contributed by atoms with van der Waals surface area (Å²) in [6.45, 7) is 17.3. The van der Waals surface area contributed by atoms with Crippen LogP contribution in [0.1, 0.15) is 51.3 Å². The Balaban J connectivity index is 2.63. The Hall–Kier alpha value is -1.97. The molecule has 0 saturated carbocycles. The molecule has 0 radical (unpaired) electrons. The van der Waals surface area contributed by atoms with Crippen LogP contribution in [0.25, 0.3) is 10.4 Å². The Morgan fingerprint density at radius 3 is 2.12 bits per heavy atom. The van der Waals surface area contributed by atoms with Crippen LogP contribution in [0.15, 0.2) is 5.11 Å². The molecule has 1 saturated heterocycles. The minimum absolute atomic E-state index is 0.0352. The SMILES string of the molecule is COc1c(C)c(OC)c(OC)c(CO[Si](C)(C)C(C)(C)C)c1C[C@H](N=[N+]=[N-])[C@H]1COC(C)(C)O1. The summed E-state index contributed by atoms with van der Waals surface area (Å²) in [5, 5.41) is 4.11. The van der Waals surface area contributed by atoms with E-state index in [4.69, 9.17) is 28.1 Å². The minimum Gasteiger partial charge on any atom is -0.496 e. The molecule has 9 nitrogen and oxygen atoms in total. The van der Waals surface area contributed by atoms with Crippen molar-refractivity contribution in [3.05, 3.63) is 27.1 Å². The van der Waals surface area contributed by atoms with Gasteiger partial charge in [-0.2, -0.15) is 0 Å². The van der Waals surface area contributed by atoms with E-state index in [0.717, 1.165) is 16.7 Å². The van der Waals surface area contributed by atoms with Crippen LogP contribution in [0.2, 0.25) is 18.1 Å².